The van der Waals surface area contributed by atoms with Crippen LogP contribution in [0.3, 0.4) is 0 Å². The fourth-order valence-corrected chi connectivity index (χ4v) is 3.79. The van der Waals surface area contributed by atoms with Crippen LogP contribution < -0.4 is 5.43 Å². The standard InChI is InChI=1S/C22H20N6O/c29-22(25-23-20-13-18-7-4-8-19(18)20)17-11-9-15(10-12-17)14-28-26-21(24-27-28)16-5-2-1-3-6-16/h1-7,9-12,18-19H,8,13-14H2,(H,25,29)/b23-20-/t18-,19+/m0/s1. The average molecular weight is 384 g/mol. The van der Waals surface area contributed by atoms with Gasteiger partial charge in [-0.25, -0.2) is 5.43 Å². The maximum atomic E-state index is 12.3. The van der Waals surface area contributed by atoms with Crippen LogP contribution in [0.2, 0.25) is 0 Å². The first-order chi connectivity index (χ1) is 14.3. The molecule has 1 fully saturated rings. The number of amides is 1. The Labute approximate surface area is 168 Å². The number of benzene rings is 2. The van der Waals surface area contributed by atoms with Crippen molar-refractivity contribution in [3.8, 4) is 11.4 Å². The number of tetrazole rings is 1. The largest absolute Gasteiger partial charge is 0.271 e. The third kappa shape index (κ3) is 3.59. The van der Waals surface area contributed by atoms with E-state index in [0.29, 0.717) is 29.8 Å². The van der Waals surface area contributed by atoms with Gasteiger partial charge in [0.2, 0.25) is 5.82 Å². The molecule has 0 unspecified atom stereocenters. The Hall–Kier alpha value is -3.61. The van der Waals surface area contributed by atoms with Gasteiger partial charge in [-0.15, -0.1) is 10.2 Å². The Morgan fingerprint density at radius 3 is 2.76 bits per heavy atom. The normalized spacial score (nSPS) is 21.0. The highest BCUT2D eigenvalue weighted by atomic mass is 16.2. The molecule has 1 amide bonds. The van der Waals surface area contributed by atoms with E-state index in [0.717, 1.165) is 29.7 Å². The predicted molar refractivity (Wildman–Crippen MR) is 109 cm³/mol. The quantitative estimate of drug-likeness (QED) is 0.541. The molecule has 0 spiro atoms. The minimum absolute atomic E-state index is 0.191. The molecule has 7 nitrogen and oxygen atoms in total. The average Bonchev–Trinajstić information content (AvgIpc) is 3.36. The monoisotopic (exact) mass is 384 g/mol. The van der Waals surface area contributed by atoms with Crippen LogP contribution in [0, 0.1) is 11.8 Å². The smallest absolute Gasteiger partial charge is 0.267 e. The Morgan fingerprint density at radius 1 is 1.14 bits per heavy atom. The van der Waals surface area contributed by atoms with Gasteiger partial charge in [0.15, 0.2) is 0 Å². The van der Waals surface area contributed by atoms with E-state index in [4.69, 9.17) is 0 Å². The highest BCUT2D eigenvalue weighted by Gasteiger charge is 2.38. The Balaban J connectivity index is 1.20. The van der Waals surface area contributed by atoms with E-state index in [1.54, 1.807) is 16.9 Å². The van der Waals surface area contributed by atoms with E-state index in [9.17, 15) is 4.79 Å². The van der Waals surface area contributed by atoms with E-state index in [-0.39, 0.29) is 5.91 Å². The van der Waals surface area contributed by atoms with Crippen molar-refractivity contribution in [3.05, 3.63) is 77.9 Å². The fraction of sp³-hybridized carbons (Fsp3) is 0.227. The highest BCUT2D eigenvalue weighted by Crippen LogP contribution is 2.40. The van der Waals surface area contributed by atoms with Crippen molar-refractivity contribution in [2.75, 3.05) is 0 Å². The number of hydrazone groups is 1. The van der Waals surface area contributed by atoms with Crippen LogP contribution >= 0.6 is 0 Å². The number of carbonyl (C=O) groups excluding carboxylic acids is 1. The van der Waals surface area contributed by atoms with Crippen molar-refractivity contribution in [1.82, 2.24) is 25.6 Å². The molecule has 1 aromatic heterocycles. The van der Waals surface area contributed by atoms with E-state index in [2.05, 4.69) is 38.1 Å². The van der Waals surface area contributed by atoms with Gasteiger partial charge >= 0.3 is 0 Å². The molecule has 7 heteroatoms. The molecule has 1 N–H and O–H groups in total. The molecule has 0 saturated heterocycles. The van der Waals surface area contributed by atoms with Crippen molar-refractivity contribution in [2.24, 2.45) is 16.9 Å². The van der Waals surface area contributed by atoms with Gasteiger partial charge in [-0.2, -0.15) is 9.90 Å². The van der Waals surface area contributed by atoms with Crippen LogP contribution in [0.5, 0.6) is 0 Å². The van der Waals surface area contributed by atoms with Crippen LogP contribution in [0.4, 0.5) is 0 Å². The second kappa shape index (κ2) is 7.43. The fourth-order valence-electron chi connectivity index (χ4n) is 3.79. The summed E-state index contributed by atoms with van der Waals surface area (Å²) < 4.78 is 0. The number of allylic oxidation sites excluding steroid dienone is 2. The molecule has 3 aromatic rings. The summed E-state index contributed by atoms with van der Waals surface area (Å²) in [6, 6.07) is 17.1. The molecular formula is C22H20N6O. The third-order valence-corrected chi connectivity index (χ3v) is 5.49. The lowest BCUT2D eigenvalue weighted by Crippen LogP contribution is -2.35. The molecule has 0 aliphatic heterocycles. The van der Waals surface area contributed by atoms with Crippen molar-refractivity contribution in [2.45, 2.75) is 19.4 Å². The zero-order chi connectivity index (χ0) is 19.6. The molecule has 0 radical (unpaired) electrons. The molecular weight excluding hydrogens is 364 g/mol. The summed E-state index contributed by atoms with van der Waals surface area (Å²) in [6.07, 6.45) is 6.44. The van der Waals surface area contributed by atoms with Crippen LogP contribution in [-0.2, 0) is 6.54 Å². The summed E-state index contributed by atoms with van der Waals surface area (Å²) in [5.41, 5.74) is 6.28. The summed E-state index contributed by atoms with van der Waals surface area (Å²) in [5, 5.41) is 16.9. The predicted octanol–water partition coefficient (Wildman–Crippen LogP) is 3.07. The number of nitrogens with zero attached hydrogens (tertiary/aromatic N) is 5. The first-order valence-corrected chi connectivity index (χ1v) is 9.72. The molecule has 1 heterocycles. The lowest BCUT2D eigenvalue weighted by molar-refractivity contribution is 0.0954. The van der Waals surface area contributed by atoms with Gasteiger partial charge in [0.25, 0.3) is 5.91 Å². The van der Waals surface area contributed by atoms with Gasteiger partial charge in [-0.3, -0.25) is 4.79 Å². The molecule has 1 saturated carbocycles. The molecule has 0 bridgehead atoms. The van der Waals surface area contributed by atoms with Crippen molar-refractivity contribution < 1.29 is 4.79 Å². The van der Waals surface area contributed by atoms with Crippen molar-refractivity contribution >= 4 is 11.6 Å². The summed E-state index contributed by atoms with van der Waals surface area (Å²) in [7, 11) is 0. The number of hydrogen-bond acceptors (Lipinski definition) is 5. The maximum absolute atomic E-state index is 12.3. The minimum Gasteiger partial charge on any atom is -0.267 e. The van der Waals surface area contributed by atoms with Gasteiger partial charge in [-0.05, 0) is 41.7 Å². The highest BCUT2D eigenvalue weighted by molar-refractivity contribution is 5.98. The zero-order valence-electron chi connectivity index (χ0n) is 15.8. The second-order valence-corrected chi connectivity index (χ2v) is 7.39. The Bertz CT molecular complexity index is 1080. The lowest BCUT2D eigenvalue weighted by atomic mass is 9.74. The van der Waals surface area contributed by atoms with E-state index < -0.39 is 0 Å². The Morgan fingerprint density at radius 2 is 1.97 bits per heavy atom. The van der Waals surface area contributed by atoms with Crippen LogP contribution in [0.25, 0.3) is 11.4 Å². The van der Waals surface area contributed by atoms with Crippen molar-refractivity contribution in [3.63, 3.8) is 0 Å². The summed E-state index contributed by atoms with van der Waals surface area (Å²) in [5.74, 6) is 1.52. The number of aromatic nitrogens is 4. The van der Waals surface area contributed by atoms with Gasteiger partial charge in [-0.1, -0.05) is 54.6 Å². The molecule has 2 atom stereocenters. The van der Waals surface area contributed by atoms with Gasteiger partial charge in [0.1, 0.15) is 0 Å². The van der Waals surface area contributed by atoms with Crippen molar-refractivity contribution in [1.29, 1.82) is 0 Å². The van der Waals surface area contributed by atoms with Crippen LogP contribution in [0.15, 0.2) is 71.9 Å². The van der Waals surface area contributed by atoms with Gasteiger partial charge < -0.3 is 0 Å². The Kier molecular flexibility index (Phi) is 4.48. The van der Waals surface area contributed by atoms with Gasteiger partial charge in [0.05, 0.1) is 6.54 Å². The summed E-state index contributed by atoms with van der Waals surface area (Å²) in [6.45, 7) is 0.486. The molecule has 5 rings (SSSR count). The van der Waals surface area contributed by atoms with E-state index in [1.165, 1.54) is 0 Å². The number of hydrogen-bond donors (Lipinski definition) is 1. The minimum atomic E-state index is -0.191. The van der Waals surface area contributed by atoms with Crippen LogP contribution in [-0.4, -0.2) is 31.8 Å². The molecule has 2 aliphatic carbocycles. The molecule has 29 heavy (non-hydrogen) atoms. The topological polar surface area (TPSA) is 85.1 Å². The first-order valence-electron chi connectivity index (χ1n) is 9.72. The lowest BCUT2D eigenvalue weighted by Gasteiger charge is -2.31. The first kappa shape index (κ1) is 17.5. The number of rotatable bonds is 5. The number of carbonyl (C=O) groups is 1. The third-order valence-electron chi connectivity index (χ3n) is 5.49. The maximum Gasteiger partial charge on any atom is 0.271 e. The molecule has 144 valence electrons. The number of fused-ring (bicyclic) bond motifs is 1. The van der Waals surface area contributed by atoms with Gasteiger partial charge in [0, 0.05) is 22.8 Å². The number of nitrogens with one attached hydrogen (secondary N) is 1. The molecule has 2 aliphatic rings. The SMILES string of the molecule is O=C(N/N=C1/C[C@@H]2C=CC[C@@H]12)c1ccc(Cn2nnc(-c3ccccc3)n2)cc1. The summed E-state index contributed by atoms with van der Waals surface area (Å²) >= 11 is 0. The zero-order valence-corrected chi connectivity index (χ0v) is 15.8. The van der Waals surface area contributed by atoms with Crippen LogP contribution in [0.1, 0.15) is 28.8 Å². The summed E-state index contributed by atoms with van der Waals surface area (Å²) in [4.78, 5) is 13.9. The second-order valence-electron chi connectivity index (χ2n) is 7.39. The van der Waals surface area contributed by atoms with E-state index in [1.807, 2.05) is 42.5 Å². The molecule has 2 aromatic carbocycles. The van der Waals surface area contributed by atoms with E-state index >= 15 is 0 Å².